The molecule has 1 rings (SSSR count). The molecule has 16 heavy (non-hydrogen) atoms. The minimum atomic E-state index is 0.607. The topological polar surface area (TPSA) is 18.5 Å². The lowest BCUT2D eigenvalue weighted by atomic mass is 9.95. The zero-order valence-electron chi connectivity index (χ0n) is 11.7. The Morgan fingerprint density at radius 2 is 1.94 bits per heavy atom. The van der Waals surface area contributed by atoms with E-state index < -0.39 is 0 Å². The third kappa shape index (κ3) is 3.72. The van der Waals surface area contributed by atoms with Gasteiger partial charge in [-0.2, -0.15) is 0 Å². The van der Waals surface area contributed by atoms with E-state index in [0.29, 0.717) is 18.0 Å². The zero-order valence-corrected chi connectivity index (χ0v) is 11.7. The first kappa shape index (κ1) is 13.9. The van der Waals surface area contributed by atoms with Gasteiger partial charge in [0.25, 0.3) is 0 Å². The van der Waals surface area contributed by atoms with E-state index >= 15 is 0 Å². The van der Waals surface area contributed by atoms with Gasteiger partial charge >= 0.3 is 0 Å². The minimum Gasteiger partial charge on any atom is -0.312 e. The minimum absolute atomic E-state index is 0.607. The maximum atomic E-state index is 3.66. The van der Waals surface area contributed by atoms with E-state index in [1.807, 2.05) is 0 Å². The summed E-state index contributed by atoms with van der Waals surface area (Å²) in [5.41, 5.74) is 0. The highest BCUT2D eigenvalue weighted by atomic mass is 15.2. The molecule has 96 valence electrons. The van der Waals surface area contributed by atoms with Crippen LogP contribution in [0.3, 0.4) is 0 Å². The molecular formula is C13H29N3. The Hall–Kier alpha value is -0.120. The highest BCUT2D eigenvalue weighted by Gasteiger charge is 2.29. The van der Waals surface area contributed by atoms with Crippen LogP contribution in [0.15, 0.2) is 0 Å². The molecule has 1 heterocycles. The standard InChI is InChI=1S/C13H29N3/c1-6-14-13(11(2)3)12-10-15(4)8-7-9-16(12)5/h11-14H,6-10H2,1-5H3. The van der Waals surface area contributed by atoms with Gasteiger partial charge in [0.1, 0.15) is 0 Å². The molecule has 0 bridgehead atoms. The lowest BCUT2D eigenvalue weighted by Crippen LogP contribution is -2.54. The van der Waals surface area contributed by atoms with Gasteiger partial charge in [-0.15, -0.1) is 0 Å². The van der Waals surface area contributed by atoms with E-state index in [4.69, 9.17) is 0 Å². The molecule has 2 atom stereocenters. The molecule has 2 unspecified atom stereocenters. The summed E-state index contributed by atoms with van der Waals surface area (Å²) in [5, 5.41) is 3.66. The van der Waals surface area contributed by atoms with Gasteiger partial charge in [0.05, 0.1) is 0 Å². The summed E-state index contributed by atoms with van der Waals surface area (Å²) in [6.07, 6.45) is 1.29. The van der Waals surface area contributed by atoms with Crippen LogP contribution in [-0.4, -0.2) is 62.2 Å². The molecule has 0 radical (unpaired) electrons. The van der Waals surface area contributed by atoms with Crippen LogP contribution in [0.2, 0.25) is 0 Å². The van der Waals surface area contributed by atoms with Crippen LogP contribution < -0.4 is 5.32 Å². The second-order valence-electron chi connectivity index (χ2n) is 5.49. The fourth-order valence-electron chi connectivity index (χ4n) is 2.75. The van der Waals surface area contributed by atoms with Gasteiger partial charge in [-0.05, 0) is 46.1 Å². The molecular weight excluding hydrogens is 198 g/mol. The van der Waals surface area contributed by atoms with Gasteiger partial charge in [-0.3, -0.25) is 0 Å². The van der Waals surface area contributed by atoms with Gasteiger partial charge in [-0.25, -0.2) is 0 Å². The molecule has 1 aliphatic heterocycles. The predicted molar refractivity (Wildman–Crippen MR) is 70.8 cm³/mol. The van der Waals surface area contributed by atoms with Crippen LogP contribution in [0.5, 0.6) is 0 Å². The Bertz CT molecular complexity index is 194. The number of nitrogens with zero attached hydrogens (tertiary/aromatic N) is 2. The van der Waals surface area contributed by atoms with Crippen molar-refractivity contribution in [2.75, 3.05) is 40.3 Å². The van der Waals surface area contributed by atoms with Gasteiger partial charge < -0.3 is 15.1 Å². The number of hydrogen-bond acceptors (Lipinski definition) is 3. The van der Waals surface area contributed by atoms with E-state index in [9.17, 15) is 0 Å². The Balaban J connectivity index is 2.70. The Morgan fingerprint density at radius 1 is 1.25 bits per heavy atom. The number of likely N-dealkylation sites (N-methyl/N-ethyl adjacent to an activating group) is 3. The first-order valence-electron chi connectivity index (χ1n) is 6.68. The molecule has 0 amide bonds. The number of rotatable bonds is 4. The largest absolute Gasteiger partial charge is 0.312 e. The summed E-state index contributed by atoms with van der Waals surface area (Å²) < 4.78 is 0. The molecule has 3 nitrogen and oxygen atoms in total. The molecule has 3 heteroatoms. The molecule has 0 spiro atoms. The second-order valence-corrected chi connectivity index (χ2v) is 5.49. The fraction of sp³-hybridized carbons (Fsp3) is 1.00. The smallest absolute Gasteiger partial charge is 0.0375 e. The molecule has 1 aliphatic rings. The van der Waals surface area contributed by atoms with E-state index in [-0.39, 0.29) is 0 Å². The SMILES string of the molecule is CCNC(C(C)C)C1CN(C)CCCN1C. The summed E-state index contributed by atoms with van der Waals surface area (Å²) >= 11 is 0. The molecule has 0 saturated carbocycles. The Kier molecular flexibility index (Phi) is 5.73. The molecule has 0 aromatic carbocycles. The van der Waals surface area contributed by atoms with Gasteiger partial charge in [0.2, 0.25) is 0 Å². The van der Waals surface area contributed by atoms with Crippen molar-refractivity contribution in [3.63, 3.8) is 0 Å². The number of nitrogens with one attached hydrogen (secondary N) is 1. The van der Waals surface area contributed by atoms with E-state index in [1.54, 1.807) is 0 Å². The maximum absolute atomic E-state index is 3.66. The van der Waals surface area contributed by atoms with E-state index in [1.165, 1.54) is 26.1 Å². The van der Waals surface area contributed by atoms with Crippen LogP contribution in [0.1, 0.15) is 27.2 Å². The monoisotopic (exact) mass is 227 g/mol. The molecule has 0 aromatic heterocycles. The average Bonchev–Trinajstić information content (AvgIpc) is 2.37. The van der Waals surface area contributed by atoms with Crippen molar-refractivity contribution >= 4 is 0 Å². The summed E-state index contributed by atoms with van der Waals surface area (Å²) in [7, 11) is 4.52. The van der Waals surface area contributed by atoms with Gasteiger partial charge in [0, 0.05) is 18.6 Å². The van der Waals surface area contributed by atoms with Crippen LogP contribution in [0.4, 0.5) is 0 Å². The lowest BCUT2D eigenvalue weighted by Gasteiger charge is -2.37. The van der Waals surface area contributed by atoms with Crippen molar-refractivity contribution in [3.8, 4) is 0 Å². The van der Waals surface area contributed by atoms with Gasteiger partial charge in [-0.1, -0.05) is 20.8 Å². The lowest BCUT2D eigenvalue weighted by molar-refractivity contribution is 0.154. The predicted octanol–water partition coefficient (Wildman–Crippen LogP) is 1.26. The van der Waals surface area contributed by atoms with Crippen LogP contribution in [0.25, 0.3) is 0 Å². The molecule has 0 aliphatic carbocycles. The summed E-state index contributed by atoms with van der Waals surface area (Å²) in [5.74, 6) is 0.693. The van der Waals surface area contributed by atoms with Crippen molar-refractivity contribution in [1.82, 2.24) is 15.1 Å². The quantitative estimate of drug-likeness (QED) is 0.780. The second kappa shape index (κ2) is 6.58. The Labute approximate surface area is 101 Å². The molecule has 0 aromatic rings. The number of hydrogen-bond donors (Lipinski definition) is 1. The molecule has 1 fully saturated rings. The normalized spacial score (nSPS) is 27.0. The fourth-order valence-corrected chi connectivity index (χ4v) is 2.75. The van der Waals surface area contributed by atoms with E-state index in [2.05, 4.69) is 50.0 Å². The van der Waals surface area contributed by atoms with E-state index in [0.717, 1.165) is 6.54 Å². The first-order chi connectivity index (χ1) is 7.56. The van der Waals surface area contributed by atoms with Gasteiger partial charge in [0.15, 0.2) is 0 Å². The average molecular weight is 227 g/mol. The highest BCUT2D eigenvalue weighted by Crippen LogP contribution is 2.16. The third-order valence-corrected chi connectivity index (χ3v) is 3.69. The summed E-state index contributed by atoms with van der Waals surface area (Å²) in [6, 6.07) is 1.25. The zero-order chi connectivity index (χ0) is 12.1. The van der Waals surface area contributed by atoms with Crippen LogP contribution >= 0.6 is 0 Å². The summed E-state index contributed by atoms with van der Waals surface area (Å²) in [4.78, 5) is 5.01. The Morgan fingerprint density at radius 3 is 2.50 bits per heavy atom. The first-order valence-corrected chi connectivity index (χ1v) is 6.68. The molecule has 1 saturated heterocycles. The van der Waals surface area contributed by atoms with Crippen molar-refractivity contribution in [3.05, 3.63) is 0 Å². The van der Waals surface area contributed by atoms with Crippen molar-refractivity contribution in [1.29, 1.82) is 0 Å². The van der Waals surface area contributed by atoms with Crippen LogP contribution in [-0.2, 0) is 0 Å². The van der Waals surface area contributed by atoms with Crippen molar-refractivity contribution in [2.45, 2.75) is 39.3 Å². The molecule has 1 N–H and O–H groups in total. The van der Waals surface area contributed by atoms with Crippen molar-refractivity contribution in [2.24, 2.45) is 5.92 Å². The van der Waals surface area contributed by atoms with Crippen LogP contribution in [0, 0.1) is 5.92 Å². The maximum Gasteiger partial charge on any atom is 0.0375 e. The van der Waals surface area contributed by atoms with Crippen molar-refractivity contribution < 1.29 is 0 Å². The highest BCUT2D eigenvalue weighted by molar-refractivity contribution is 4.89. The summed E-state index contributed by atoms with van der Waals surface area (Å²) in [6.45, 7) is 11.6. The third-order valence-electron chi connectivity index (χ3n) is 3.69.